The van der Waals surface area contributed by atoms with Crippen molar-refractivity contribution in [2.24, 2.45) is 0 Å². The van der Waals surface area contributed by atoms with E-state index in [0.29, 0.717) is 17.2 Å². The van der Waals surface area contributed by atoms with Gasteiger partial charge < -0.3 is 9.15 Å². The number of aryl methyl sites for hydroxylation is 2. The number of methoxy groups -OCH3 is 1. The summed E-state index contributed by atoms with van der Waals surface area (Å²) in [6, 6.07) is 23.4. The molecule has 5 rings (SSSR count). The number of benzene rings is 3. The van der Waals surface area contributed by atoms with Crippen molar-refractivity contribution in [1.82, 2.24) is 14.8 Å². The zero-order chi connectivity index (χ0) is 23.7. The average molecular weight is 470 g/mol. The second kappa shape index (κ2) is 9.19. The van der Waals surface area contributed by atoms with Gasteiger partial charge in [-0.25, -0.2) is 4.79 Å². The first-order valence-corrected chi connectivity index (χ1v) is 11.9. The minimum atomic E-state index is -0.351. The van der Waals surface area contributed by atoms with Gasteiger partial charge in [0.25, 0.3) is 0 Å². The van der Waals surface area contributed by atoms with E-state index in [2.05, 4.69) is 16.3 Å². The molecule has 7 heteroatoms. The van der Waals surface area contributed by atoms with Gasteiger partial charge in [0.05, 0.1) is 12.7 Å². The maximum atomic E-state index is 12.3. The lowest BCUT2D eigenvalue weighted by molar-refractivity contribution is 0.416. The van der Waals surface area contributed by atoms with Crippen LogP contribution in [0.4, 0.5) is 0 Å². The van der Waals surface area contributed by atoms with Crippen molar-refractivity contribution in [1.29, 1.82) is 0 Å². The fraction of sp³-hybridized carbons (Fsp3) is 0.148. The number of hydrogen-bond acceptors (Lipinski definition) is 6. The molecule has 0 spiro atoms. The quantitative estimate of drug-likeness (QED) is 0.226. The number of para-hydroxylation sites is 2. The molecule has 2 aromatic heterocycles. The first-order chi connectivity index (χ1) is 16.6. The Kier molecular flexibility index (Phi) is 5.94. The van der Waals surface area contributed by atoms with E-state index in [9.17, 15) is 4.79 Å². The van der Waals surface area contributed by atoms with Crippen molar-refractivity contribution in [2.75, 3.05) is 7.11 Å². The predicted molar refractivity (Wildman–Crippen MR) is 135 cm³/mol. The number of fused-ring (bicyclic) bond motifs is 1. The molecule has 2 heterocycles. The lowest BCUT2D eigenvalue weighted by Gasteiger charge is -2.13. The second-order valence-corrected chi connectivity index (χ2v) is 8.88. The van der Waals surface area contributed by atoms with Gasteiger partial charge in [-0.05, 0) is 54.8 Å². The van der Waals surface area contributed by atoms with Crippen LogP contribution in [-0.4, -0.2) is 21.9 Å². The van der Waals surface area contributed by atoms with Crippen molar-refractivity contribution in [2.45, 2.75) is 24.8 Å². The maximum Gasteiger partial charge on any atom is 0.336 e. The van der Waals surface area contributed by atoms with Gasteiger partial charge in [-0.15, -0.1) is 10.2 Å². The zero-order valence-corrected chi connectivity index (χ0v) is 19.9. The Labute approximate surface area is 201 Å². The van der Waals surface area contributed by atoms with Gasteiger partial charge in [-0.3, -0.25) is 4.57 Å². The molecule has 0 aliphatic rings. The topological polar surface area (TPSA) is 70.2 Å². The molecular weight excluding hydrogens is 446 g/mol. The summed E-state index contributed by atoms with van der Waals surface area (Å²) >= 11 is 1.53. The number of hydrogen-bond donors (Lipinski definition) is 0. The Morgan fingerprint density at radius 1 is 0.971 bits per heavy atom. The Balaban J connectivity index is 1.59. The fourth-order valence-electron chi connectivity index (χ4n) is 3.96. The smallest absolute Gasteiger partial charge is 0.336 e. The highest BCUT2D eigenvalue weighted by Crippen LogP contribution is 2.35. The minimum Gasteiger partial charge on any atom is -0.496 e. The van der Waals surface area contributed by atoms with Crippen molar-refractivity contribution in [3.63, 3.8) is 0 Å². The van der Waals surface area contributed by atoms with Crippen LogP contribution in [0, 0.1) is 13.8 Å². The molecule has 5 aromatic rings. The van der Waals surface area contributed by atoms with Crippen LogP contribution in [0.25, 0.3) is 28.0 Å². The molecule has 0 atom stereocenters. The third-order valence-electron chi connectivity index (χ3n) is 5.87. The molecule has 3 aromatic carbocycles. The lowest BCUT2D eigenvalue weighted by atomic mass is 10.0. The number of rotatable bonds is 6. The molecule has 0 aliphatic heterocycles. The highest BCUT2D eigenvalue weighted by Gasteiger charge is 2.19. The van der Waals surface area contributed by atoms with Gasteiger partial charge in [0, 0.05) is 22.9 Å². The van der Waals surface area contributed by atoms with E-state index in [4.69, 9.17) is 9.15 Å². The van der Waals surface area contributed by atoms with E-state index in [1.165, 1.54) is 11.8 Å². The zero-order valence-electron chi connectivity index (χ0n) is 19.1. The summed E-state index contributed by atoms with van der Waals surface area (Å²) in [6.07, 6.45) is 0. The predicted octanol–water partition coefficient (Wildman–Crippen LogP) is 5.96. The van der Waals surface area contributed by atoms with Crippen LogP contribution in [0.1, 0.15) is 16.7 Å². The molecule has 0 saturated heterocycles. The average Bonchev–Trinajstić information content (AvgIpc) is 3.29. The fourth-order valence-corrected chi connectivity index (χ4v) is 4.91. The first-order valence-electron chi connectivity index (χ1n) is 10.9. The van der Waals surface area contributed by atoms with E-state index in [-0.39, 0.29) is 5.63 Å². The SMILES string of the molecule is COc1ccccc1-c1nnc(SCc2cc(=O)oc3c(C)c(C)ccc23)n1-c1ccccc1. The van der Waals surface area contributed by atoms with Crippen molar-refractivity contribution in [3.05, 3.63) is 99.9 Å². The Morgan fingerprint density at radius 2 is 1.74 bits per heavy atom. The normalized spacial score (nSPS) is 11.1. The van der Waals surface area contributed by atoms with Crippen LogP contribution in [-0.2, 0) is 5.75 Å². The summed E-state index contributed by atoms with van der Waals surface area (Å²) in [6.45, 7) is 3.99. The number of nitrogens with zero attached hydrogens (tertiary/aromatic N) is 3. The highest BCUT2D eigenvalue weighted by molar-refractivity contribution is 7.98. The first kappa shape index (κ1) is 22.0. The molecule has 0 N–H and O–H groups in total. The van der Waals surface area contributed by atoms with Crippen LogP contribution in [0.5, 0.6) is 5.75 Å². The van der Waals surface area contributed by atoms with Gasteiger partial charge in [0.2, 0.25) is 0 Å². The molecule has 6 nitrogen and oxygen atoms in total. The molecule has 0 saturated carbocycles. The molecular formula is C27H23N3O3S. The molecule has 170 valence electrons. The molecule has 0 fully saturated rings. The number of aromatic nitrogens is 3. The largest absolute Gasteiger partial charge is 0.496 e. The monoisotopic (exact) mass is 469 g/mol. The molecule has 34 heavy (non-hydrogen) atoms. The van der Waals surface area contributed by atoms with Crippen molar-refractivity contribution >= 4 is 22.7 Å². The van der Waals surface area contributed by atoms with Crippen LogP contribution in [0.2, 0.25) is 0 Å². The van der Waals surface area contributed by atoms with Crippen LogP contribution in [0.15, 0.2) is 87.2 Å². The van der Waals surface area contributed by atoms with Gasteiger partial charge in [-0.1, -0.05) is 54.2 Å². The summed E-state index contributed by atoms with van der Waals surface area (Å²) in [7, 11) is 1.65. The summed E-state index contributed by atoms with van der Waals surface area (Å²) < 4.78 is 13.1. The van der Waals surface area contributed by atoms with E-state index < -0.39 is 0 Å². The maximum absolute atomic E-state index is 12.3. The Hall–Kier alpha value is -3.84. The van der Waals surface area contributed by atoms with E-state index in [0.717, 1.165) is 44.2 Å². The van der Waals surface area contributed by atoms with E-state index in [1.54, 1.807) is 13.2 Å². The van der Waals surface area contributed by atoms with Crippen molar-refractivity contribution < 1.29 is 9.15 Å². The molecule has 0 unspecified atom stereocenters. The highest BCUT2D eigenvalue weighted by atomic mass is 32.2. The van der Waals surface area contributed by atoms with Gasteiger partial charge in [-0.2, -0.15) is 0 Å². The van der Waals surface area contributed by atoms with Crippen LogP contribution in [0.3, 0.4) is 0 Å². The van der Waals surface area contributed by atoms with Crippen LogP contribution < -0.4 is 10.4 Å². The van der Waals surface area contributed by atoms with Crippen LogP contribution >= 0.6 is 11.8 Å². The van der Waals surface area contributed by atoms with Gasteiger partial charge in [0.1, 0.15) is 11.3 Å². The van der Waals surface area contributed by atoms with E-state index in [1.807, 2.05) is 79.1 Å². The van der Waals surface area contributed by atoms with Crippen molar-refractivity contribution in [3.8, 4) is 22.8 Å². The summed E-state index contributed by atoms with van der Waals surface area (Å²) in [5, 5.41) is 10.7. The summed E-state index contributed by atoms with van der Waals surface area (Å²) in [5.41, 5.74) is 5.06. The third kappa shape index (κ3) is 3.99. The lowest BCUT2D eigenvalue weighted by Crippen LogP contribution is -2.03. The molecule has 0 radical (unpaired) electrons. The Morgan fingerprint density at radius 3 is 2.53 bits per heavy atom. The number of ether oxygens (including phenoxy) is 1. The summed E-state index contributed by atoms with van der Waals surface area (Å²) in [4.78, 5) is 12.3. The second-order valence-electron chi connectivity index (χ2n) is 7.94. The molecule has 0 aliphatic carbocycles. The number of thioether (sulfide) groups is 1. The van der Waals surface area contributed by atoms with Gasteiger partial charge >= 0.3 is 5.63 Å². The minimum absolute atomic E-state index is 0.351. The third-order valence-corrected chi connectivity index (χ3v) is 6.85. The molecule has 0 amide bonds. The standard InChI is InChI=1S/C27H23N3O3S/c1-17-13-14-21-19(15-24(31)33-25(21)18(17)2)16-34-27-29-28-26(22-11-7-8-12-23(22)32-3)30(27)20-9-5-4-6-10-20/h4-15H,16H2,1-3H3. The van der Waals surface area contributed by atoms with Gasteiger partial charge in [0.15, 0.2) is 11.0 Å². The molecule has 0 bridgehead atoms. The Bertz CT molecular complexity index is 1540. The summed E-state index contributed by atoms with van der Waals surface area (Å²) in [5.74, 6) is 1.96. The van der Waals surface area contributed by atoms with E-state index >= 15 is 0 Å².